The van der Waals surface area contributed by atoms with E-state index in [-0.39, 0.29) is 24.0 Å². The molecule has 0 saturated carbocycles. The maximum Gasteiger partial charge on any atom is 0.191 e. The smallest absolute Gasteiger partial charge is 0.191 e. The molecule has 6 nitrogen and oxygen atoms in total. The van der Waals surface area contributed by atoms with Gasteiger partial charge in [-0.15, -0.1) is 24.0 Å². The number of unbranched alkanes of at least 4 members (excludes halogenated alkanes) is 1. The zero-order chi connectivity index (χ0) is 22.1. The van der Waals surface area contributed by atoms with Crippen molar-refractivity contribution in [3.8, 4) is 5.75 Å². The number of likely N-dealkylation sites (tertiary alicyclic amines) is 2. The third-order valence-corrected chi connectivity index (χ3v) is 6.98. The van der Waals surface area contributed by atoms with Gasteiger partial charge in [-0.25, -0.2) is 0 Å². The molecule has 2 N–H and O–H groups in total. The van der Waals surface area contributed by atoms with Crippen LogP contribution in [0.2, 0.25) is 0 Å². The van der Waals surface area contributed by atoms with Gasteiger partial charge in [-0.1, -0.05) is 25.5 Å². The van der Waals surface area contributed by atoms with Crippen LogP contribution in [0, 0.1) is 5.92 Å². The van der Waals surface area contributed by atoms with E-state index in [4.69, 9.17) is 4.74 Å². The number of aliphatic imine (C=N–C) groups is 1. The molecule has 1 aromatic rings. The maximum absolute atomic E-state index is 5.35. The first-order valence-electron chi connectivity index (χ1n) is 12.2. The molecule has 2 aliphatic rings. The van der Waals surface area contributed by atoms with Crippen molar-refractivity contribution >= 4 is 29.9 Å². The minimum atomic E-state index is 0. The molecule has 0 aromatic heterocycles. The quantitative estimate of drug-likeness (QED) is 0.286. The number of piperidine rings is 2. The largest absolute Gasteiger partial charge is 0.497 e. The van der Waals surface area contributed by atoms with Crippen molar-refractivity contribution in [3.05, 3.63) is 29.8 Å². The minimum Gasteiger partial charge on any atom is -0.497 e. The van der Waals surface area contributed by atoms with E-state index in [0.29, 0.717) is 18.0 Å². The van der Waals surface area contributed by atoms with Crippen LogP contribution in [0.4, 0.5) is 0 Å². The van der Waals surface area contributed by atoms with Crippen LogP contribution >= 0.6 is 24.0 Å². The van der Waals surface area contributed by atoms with Gasteiger partial charge in [0.15, 0.2) is 5.96 Å². The van der Waals surface area contributed by atoms with E-state index in [0.717, 1.165) is 24.8 Å². The van der Waals surface area contributed by atoms with E-state index < -0.39 is 0 Å². The van der Waals surface area contributed by atoms with Crippen molar-refractivity contribution in [3.63, 3.8) is 0 Å². The normalized spacial score (nSPS) is 23.4. The Morgan fingerprint density at radius 3 is 2.47 bits per heavy atom. The summed E-state index contributed by atoms with van der Waals surface area (Å²) in [6, 6.07) is 9.54. The van der Waals surface area contributed by atoms with Crippen LogP contribution in [-0.2, 0) is 0 Å². The third-order valence-electron chi connectivity index (χ3n) is 6.98. The average Bonchev–Trinajstić information content (AvgIpc) is 2.81. The molecule has 0 aliphatic carbocycles. The van der Waals surface area contributed by atoms with Gasteiger partial charge in [0.2, 0.25) is 0 Å². The molecule has 0 radical (unpaired) electrons. The molecule has 0 amide bonds. The first-order chi connectivity index (χ1) is 15.1. The lowest BCUT2D eigenvalue weighted by Gasteiger charge is -2.40. The van der Waals surface area contributed by atoms with Gasteiger partial charge < -0.3 is 20.3 Å². The molecule has 2 unspecified atom stereocenters. The van der Waals surface area contributed by atoms with Crippen molar-refractivity contribution in [1.82, 2.24) is 20.4 Å². The first-order valence-corrected chi connectivity index (χ1v) is 12.2. The fourth-order valence-electron chi connectivity index (χ4n) is 5.10. The van der Waals surface area contributed by atoms with Crippen LogP contribution in [0.5, 0.6) is 5.75 Å². The van der Waals surface area contributed by atoms with E-state index in [9.17, 15) is 0 Å². The summed E-state index contributed by atoms with van der Waals surface area (Å²) in [6.45, 7) is 8.00. The first kappa shape index (κ1) is 27.2. The van der Waals surface area contributed by atoms with E-state index in [1.807, 2.05) is 7.05 Å². The Labute approximate surface area is 212 Å². The van der Waals surface area contributed by atoms with Gasteiger partial charge in [0.25, 0.3) is 0 Å². The monoisotopic (exact) mass is 557 g/mol. The average molecular weight is 558 g/mol. The summed E-state index contributed by atoms with van der Waals surface area (Å²) >= 11 is 0. The fraction of sp³-hybridized carbons (Fsp3) is 0.720. The Hall–Kier alpha value is -1.06. The molecular formula is C25H44IN5O. The van der Waals surface area contributed by atoms with E-state index in [2.05, 4.69) is 63.7 Å². The zero-order valence-electron chi connectivity index (χ0n) is 20.5. The van der Waals surface area contributed by atoms with Gasteiger partial charge in [0, 0.05) is 38.8 Å². The van der Waals surface area contributed by atoms with Crippen LogP contribution in [-0.4, -0.2) is 75.7 Å². The lowest BCUT2D eigenvalue weighted by atomic mass is 9.85. The summed E-state index contributed by atoms with van der Waals surface area (Å²) in [5, 5.41) is 7.33. The van der Waals surface area contributed by atoms with Crippen molar-refractivity contribution in [1.29, 1.82) is 0 Å². The summed E-state index contributed by atoms with van der Waals surface area (Å²) in [4.78, 5) is 9.63. The van der Waals surface area contributed by atoms with Gasteiger partial charge in [-0.2, -0.15) is 0 Å². The van der Waals surface area contributed by atoms with Gasteiger partial charge in [0.1, 0.15) is 5.75 Å². The molecule has 2 aliphatic heterocycles. The topological polar surface area (TPSA) is 52.1 Å². The van der Waals surface area contributed by atoms with E-state index in [1.54, 1.807) is 7.11 Å². The lowest BCUT2D eigenvalue weighted by Crippen LogP contribution is -2.50. The summed E-state index contributed by atoms with van der Waals surface area (Å²) in [5.41, 5.74) is 1.37. The number of nitrogens with one attached hydrogen (secondary N) is 2. The second kappa shape index (κ2) is 14.3. The molecule has 2 fully saturated rings. The Balaban J connectivity index is 0.00000363. The van der Waals surface area contributed by atoms with Crippen molar-refractivity contribution in [2.45, 2.75) is 57.5 Å². The molecule has 1 aromatic carbocycles. The predicted molar refractivity (Wildman–Crippen MR) is 145 cm³/mol. The predicted octanol–water partition coefficient (Wildman–Crippen LogP) is 4.13. The second-order valence-electron chi connectivity index (χ2n) is 9.17. The van der Waals surface area contributed by atoms with Crippen LogP contribution in [0.25, 0.3) is 0 Å². The van der Waals surface area contributed by atoms with Crippen LogP contribution in [0.15, 0.2) is 29.3 Å². The van der Waals surface area contributed by atoms with Gasteiger partial charge in [-0.05, 0) is 75.9 Å². The summed E-state index contributed by atoms with van der Waals surface area (Å²) in [7, 11) is 5.86. The van der Waals surface area contributed by atoms with Crippen molar-refractivity contribution in [2.24, 2.45) is 10.9 Å². The summed E-state index contributed by atoms with van der Waals surface area (Å²) in [5.74, 6) is 2.43. The minimum absolute atomic E-state index is 0. The van der Waals surface area contributed by atoms with Crippen molar-refractivity contribution in [2.75, 3.05) is 53.9 Å². The number of ether oxygens (including phenoxy) is 1. The summed E-state index contributed by atoms with van der Waals surface area (Å²) < 4.78 is 5.35. The zero-order valence-corrected chi connectivity index (χ0v) is 22.8. The van der Waals surface area contributed by atoms with Gasteiger partial charge in [0.05, 0.1) is 7.11 Å². The van der Waals surface area contributed by atoms with Gasteiger partial charge >= 0.3 is 0 Å². The highest BCUT2D eigenvalue weighted by Crippen LogP contribution is 2.35. The molecule has 32 heavy (non-hydrogen) atoms. The van der Waals surface area contributed by atoms with Crippen LogP contribution in [0.1, 0.15) is 57.1 Å². The highest BCUT2D eigenvalue weighted by atomic mass is 127. The number of hydrogen-bond acceptors (Lipinski definition) is 4. The number of guanidine groups is 1. The number of methoxy groups -OCH3 is 1. The Bertz CT molecular complexity index is 675. The molecule has 182 valence electrons. The Morgan fingerprint density at radius 1 is 1.12 bits per heavy atom. The second-order valence-corrected chi connectivity index (χ2v) is 9.17. The Morgan fingerprint density at radius 2 is 1.84 bits per heavy atom. The highest BCUT2D eigenvalue weighted by molar-refractivity contribution is 14.0. The molecule has 2 heterocycles. The Kier molecular flexibility index (Phi) is 12.1. The highest BCUT2D eigenvalue weighted by Gasteiger charge is 2.30. The summed E-state index contributed by atoms with van der Waals surface area (Å²) in [6.07, 6.45) is 7.48. The molecule has 2 saturated heterocycles. The maximum atomic E-state index is 5.35. The number of nitrogens with zero attached hydrogens (tertiary/aromatic N) is 3. The number of halogens is 1. The lowest BCUT2D eigenvalue weighted by molar-refractivity contribution is 0.122. The number of benzene rings is 1. The SMILES string of the molecule is CCCCN1CCC(NC(=NC)NCC2CCCN(C)C2c2ccc(OC)cc2)CC1.I. The fourth-order valence-corrected chi connectivity index (χ4v) is 5.10. The number of hydrogen-bond donors (Lipinski definition) is 2. The molecule has 2 atom stereocenters. The van der Waals surface area contributed by atoms with Crippen LogP contribution in [0.3, 0.4) is 0 Å². The van der Waals surface area contributed by atoms with Crippen molar-refractivity contribution < 1.29 is 4.74 Å². The van der Waals surface area contributed by atoms with E-state index in [1.165, 1.54) is 63.7 Å². The molecule has 7 heteroatoms. The third kappa shape index (κ3) is 7.76. The molecular weight excluding hydrogens is 513 g/mol. The molecule has 0 spiro atoms. The van der Waals surface area contributed by atoms with Gasteiger partial charge in [-0.3, -0.25) is 9.89 Å². The molecule has 3 rings (SSSR count). The standard InChI is InChI=1S/C25H43N5O.HI/c1-5-6-16-30-17-13-22(14-18-30)28-25(26-2)27-19-21-8-7-15-29(3)24(21)20-9-11-23(31-4)12-10-20;/h9-12,21-22,24H,5-8,13-19H2,1-4H3,(H2,26,27,28);1H. The number of rotatable bonds is 8. The molecule has 0 bridgehead atoms. The van der Waals surface area contributed by atoms with Crippen LogP contribution < -0.4 is 15.4 Å². The van der Waals surface area contributed by atoms with E-state index >= 15 is 0 Å².